The molecule has 4 aliphatic carbocycles. The standard InChI is InChI=1S/C29H46O6/c1-17(7-12-27(32)33-6)23-10-11-24-22-9-8-20-15-21(34-18(2)30)13-14-28(20,4)25(22)16-26(29(23,24)5)35-19(3)31/h17,20-26H,7-16H2,1-6H3/t17-,20-,21-,22+,23-,24+,25+,26+,28-,29-/m0/s1. The molecular formula is C29H46O6. The molecule has 0 aromatic rings. The van der Waals surface area contributed by atoms with Crippen molar-refractivity contribution in [2.24, 2.45) is 46.3 Å². The van der Waals surface area contributed by atoms with Gasteiger partial charge in [-0.15, -0.1) is 0 Å². The second kappa shape index (κ2) is 10.0. The molecule has 0 N–H and O–H groups in total. The number of ether oxygens (including phenoxy) is 3. The van der Waals surface area contributed by atoms with E-state index >= 15 is 0 Å². The summed E-state index contributed by atoms with van der Waals surface area (Å²) in [7, 11) is 1.45. The average molecular weight is 491 g/mol. The summed E-state index contributed by atoms with van der Waals surface area (Å²) in [5, 5.41) is 0. The fraction of sp³-hybridized carbons (Fsp3) is 0.897. The van der Waals surface area contributed by atoms with Crippen LogP contribution in [0.2, 0.25) is 0 Å². The Balaban J connectivity index is 1.58. The van der Waals surface area contributed by atoms with Crippen LogP contribution in [0.1, 0.15) is 98.8 Å². The van der Waals surface area contributed by atoms with Gasteiger partial charge in [-0.3, -0.25) is 14.4 Å². The monoisotopic (exact) mass is 490 g/mol. The SMILES string of the molecule is COC(=O)CC[C@H](C)[C@@H]1CC[C@@H]2[C@H]3CC[C@H]4C[C@@H](OC(C)=O)CC[C@]4(C)[C@@H]3C[C@@H](OC(C)=O)[C@]21C. The molecule has 0 aromatic carbocycles. The predicted molar refractivity (Wildman–Crippen MR) is 132 cm³/mol. The zero-order valence-electron chi connectivity index (χ0n) is 22.6. The van der Waals surface area contributed by atoms with Crippen LogP contribution in [0.3, 0.4) is 0 Å². The van der Waals surface area contributed by atoms with Crippen LogP contribution in [0.25, 0.3) is 0 Å². The van der Waals surface area contributed by atoms with E-state index in [0.29, 0.717) is 41.9 Å². The van der Waals surface area contributed by atoms with E-state index in [1.165, 1.54) is 33.3 Å². The minimum Gasteiger partial charge on any atom is -0.469 e. The van der Waals surface area contributed by atoms with Crippen LogP contribution >= 0.6 is 0 Å². The van der Waals surface area contributed by atoms with E-state index in [4.69, 9.17) is 14.2 Å². The van der Waals surface area contributed by atoms with Crippen molar-refractivity contribution in [3.8, 4) is 0 Å². The highest BCUT2D eigenvalue weighted by molar-refractivity contribution is 5.69. The van der Waals surface area contributed by atoms with E-state index in [1.54, 1.807) is 6.92 Å². The lowest BCUT2D eigenvalue weighted by atomic mass is 9.43. The molecule has 6 heteroatoms. The van der Waals surface area contributed by atoms with Crippen molar-refractivity contribution in [3.63, 3.8) is 0 Å². The first kappa shape index (κ1) is 26.5. The normalized spacial score (nSPS) is 43.2. The Bertz CT molecular complexity index is 824. The minimum absolute atomic E-state index is 0.0479. The van der Waals surface area contributed by atoms with Crippen molar-refractivity contribution in [2.45, 2.75) is 111 Å². The van der Waals surface area contributed by atoms with Gasteiger partial charge < -0.3 is 14.2 Å². The van der Waals surface area contributed by atoms with E-state index < -0.39 is 0 Å². The van der Waals surface area contributed by atoms with E-state index in [9.17, 15) is 14.4 Å². The molecule has 0 heterocycles. The molecule has 4 rings (SSSR count). The maximum atomic E-state index is 12.3. The number of methoxy groups -OCH3 is 1. The van der Waals surface area contributed by atoms with Gasteiger partial charge in [0.2, 0.25) is 0 Å². The van der Waals surface area contributed by atoms with Crippen molar-refractivity contribution in [1.29, 1.82) is 0 Å². The predicted octanol–water partition coefficient (Wildman–Crippen LogP) is 5.71. The minimum atomic E-state index is -0.183. The molecule has 0 spiro atoms. The lowest BCUT2D eigenvalue weighted by Gasteiger charge is -2.62. The summed E-state index contributed by atoms with van der Waals surface area (Å²) in [4.78, 5) is 35.7. The number of hydrogen-bond donors (Lipinski definition) is 0. The number of hydrogen-bond acceptors (Lipinski definition) is 6. The van der Waals surface area contributed by atoms with Crippen molar-refractivity contribution in [3.05, 3.63) is 0 Å². The van der Waals surface area contributed by atoms with Crippen molar-refractivity contribution in [2.75, 3.05) is 7.11 Å². The Kier molecular flexibility index (Phi) is 7.60. The molecule has 0 aliphatic heterocycles. The van der Waals surface area contributed by atoms with Gasteiger partial charge in [0.25, 0.3) is 0 Å². The van der Waals surface area contributed by atoms with Crippen LogP contribution in [0.4, 0.5) is 0 Å². The molecule has 0 saturated heterocycles. The Labute approximate surface area is 211 Å². The van der Waals surface area contributed by atoms with E-state index in [-0.39, 0.29) is 40.9 Å². The largest absolute Gasteiger partial charge is 0.469 e. The van der Waals surface area contributed by atoms with Gasteiger partial charge in [0.05, 0.1) is 7.11 Å². The number of carbonyl (C=O) groups excluding carboxylic acids is 3. The zero-order valence-corrected chi connectivity index (χ0v) is 22.6. The first-order chi connectivity index (χ1) is 16.5. The molecule has 4 fully saturated rings. The second-order valence-corrected chi connectivity index (χ2v) is 12.6. The van der Waals surface area contributed by atoms with Gasteiger partial charge >= 0.3 is 17.9 Å². The summed E-state index contributed by atoms with van der Waals surface area (Å²) < 4.78 is 16.7. The third-order valence-corrected chi connectivity index (χ3v) is 11.1. The molecule has 0 bridgehead atoms. The molecule has 35 heavy (non-hydrogen) atoms. The molecule has 0 amide bonds. The Morgan fingerprint density at radius 3 is 2.29 bits per heavy atom. The first-order valence-corrected chi connectivity index (χ1v) is 13.9. The highest BCUT2D eigenvalue weighted by Gasteiger charge is 2.65. The van der Waals surface area contributed by atoms with Gasteiger partial charge in [-0.1, -0.05) is 20.8 Å². The Morgan fingerprint density at radius 2 is 1.63 bits per heavy atom. The van der Waals surface area contributed by atoms with Crippen LogP contribution in [-0.2, 0) is 28.6 Å². The molecule has 4 aliphatic rings. The number of fused-ring (bicyclic) bond motifs is 5. The maximum Gasteiger partial charge on any atom is 0.305 e. The molecule has 0 unspecified atom stereocenters. The van der Waals surface area contributed by atoms with Crippen LogP contribution in [-0.4, -0.2) is 37.2 Å². The summed E-state index contributed by atoms with van der Waals surface area (Å²) >= 11 is 0. The third-order valence-electron chi connectivity index (χ3n) is 11.1. The first-order valence-electron chi connectivity index (χ1n) is 13.9. The van der Waals surface area contributed by atoms with Gasteiger partial charge in [-0.05, 0) is 98.7 Å². The molecule has 0 aromatic heterocycles. The zero-order chi connectivity index (χ0) is 25.5. The van der Waals surface area contributed by atoms with Gasteiger partial charge in [0, 0.05) is 25.7 Å². The fourth-order valence-corrected chi connectivity index (χ4v) is 9.48. The molecule has 0 radical (unpaired) electrons. The summed E-state index contributed by atoms with van der Waals surface area (Å²) in [6.07, 6.45) is 9.87. The van der Waals surface area contributed by atoms with Crippen molar-refractivity contribution < 1.29 is 28.6 Å². The smallest absolute Gasteiger partial charge is 0.305 e. The molecule has 198 valence electrons. The van der Waals surface area contributed by atoms with Gasteiger partial charge in [0.15, 0.2) is 0 Å². The Morgan fingerprint density at radius 1 is 0.914 bits per heavy atom. The maximum absolute atomic E-state index is 12.3. The van der Waals surface area contributed by atoms with Crippen LogP contribution in [0.5, 0.6) is 0 Å². The molecule has 6 nitrogen and oxygen atoms in total. The second-order valence-electron chi connectivity index (χ2n) is 12.6. The highest BCUT2D eigenvalue weighted by Crippen LogP contribution is 2.69. The number of carbonyl (C=O) groups is 3. The van der Waals surface area contributed by atoms with Crippen molar-refractivity contribution >= 4 is 17.9 Å². The molecule has 4 saturated carbocycles. The van der Waals surface area contributed by atoms with E-state index in [2.05, 4.69) is 20.8 Å². The molecular weight excluding hydrogens is 444 g/mol. The van der Waals surface area contributed by atoms with Gasteiger partial charge in [-0.2, -0.15) is 0 Å². The van der Waals surface area contributed by atoms with Crippen molar-refractivity contribution in [1.82, 2.24) is 0 Å². The van der Waals surface area contributed by atoms with Crippen LogP contribution in [0.15, 0.2) is 0 Å². The number of rotatable bonds is 6. The van der Waals surface area contributed by atoms with Crippen LogP contribution in [0, 0.1) is 46.3 Å². The van der Waals surface area contributed by atoms with Gasteiger partial charge in [-0.25, -0.2) is 0 Å². The van der Waals surface area contributed by atoms with Gasteiger partial charge in [0.1, 0.15) is 12.2 Å². The fourth-order valence-electron chi connectivity index (χ4n) is 9.48. The lowest BCUT2D eigenvalue weighted by Crippen LogP contribution is -2.59. The lowest BCUT2D eigenvalue weighted by molar-refractivity contribution is -0.197. The van der Waals surface area contributed by atoms with E-state index in [0.717, 1.165) is 38.5 Å². The summed E-state index contributed by atoms with van der Waals surface area (Å²) in [5.74, 6) is 2.60. The van der Waals surface area contributed by atoms with E-state index in [1.807, 2.05) is 0 Å². The summed E-state index contributed by atoms with van der Waals surface area (Å²) in [6.45, 7) is 10.2. The average Bonchev–Trinajstić information content (AvgIpc) is 3.16. The quantitative estimate of drug-likeness (QED) is 0.351. The summed E-state index contributed by atoms with van der Waals surface area (Å²) in [6, 6.07) is 0. The Hall–Kier alpha value is -1.59. The van der Waals surface area contributed by atoms with Crippen LogP contribution < -0.4 is 0 Å². The summed E-state index contributed by atoms with van der Waals surface area (Å²) in [5.41, 5.74) is 0.147. The number of esters is 3. The molecule has 10 atom stereocenters. The third kappa shape index (κ3) is 4.75. The topological polar surface area (TPSA) is 78.9 Å². The highest BCUT2D eigenvalue weighted by atomic mass is 16.5.